The normalized spacial score (nSPS) is 10.8. The third-order valence-corrected chi connectivity index (χ3v) is 4.07. The number of H-pyrrole nitrogens is 3. The van der Waals surface area contributed by atoms with Crippen molar-refractivity contribution in [3.63, 3.8) is 0 Å². The second-order valence-electron chi connectivity index (χ2n) is 5.62. The maximum Gasteiger partial charge on any atom is 0.339 e. The third-order valence-electron chi connectivity index (χ3n) is 4.07. The number of benzene rings is 1. The number of aryl methyl sites for hydroxylation is 1. The first-order valence-electron chi connectivity index (χ1n) is 7.77. The van der Waals surface area contributed by atoms with Gasteiger partial charge in [-0.1, -0.05) is 6.92 Å². The Bertz CT molecular complexity index is 1030. The van der Waals surface area contributed by atoms with E-state index >= 15 is 0 Å². The van der Waals surface area contributed by atoms with Crippen molar-refractivity contribution in [2.45, 2.75) is 20.3 Å². The summed E-state index contributed by atoms with van der Waals surface area (Å²) >= 11 is 0. The van der Waals surface area contributed by atoms with Crippen LogP contribution in [0.5, 0.6) is 0 Å². The standard InChI is InChI=1S/C17H18N4O4/c1-4-10-13(16(23)25-3)8(2)14(19-10)15(22)18-9-5-6-11-12(7-9)21-17(24)20-11/h5-7,19H,4H2,1-3H3,(H,18,22)(H2,20,21,24). The van der Waals surface area contributed by atoms with E-state index in [0.717, 1.165) is 0 Å². The van der Waals surface area contributed by atoms with Crippen molar-refractivity contribution in [2.75, 3.05) is 12.4 Å². The third kappa shape index (κ3) is 2.93. The van der Waals surface area contributed by atoms with Crippen molar-refractivity contribution in [2.24, 2.45) is 0 Å². The lowest BCUT2D eigenvalue weighted by molar-refractivity contribution is 0.0599. The number of carbonyl (C=O) groups excluding carboxylic acids is 2. The maximum absolute atomic E-state index is 12.6. The summed E-state index contributed by atoms with van der Waals surface area (Å²) in [5.74, 6) is -0.851. The number of aromatic nitrogens is 3. The molecule has 8 nitrogen and oxygen atoms in total. The summed E-state index contributed by atoms with van der Waals surface area (Å²) in [4.78, 5) is 44.1. The average molecular weight is 342 g/mol. The van der Waals surface area contributed by atoms with Crippen LogP contribution in [-0.2, 0) is 11.2 Å². The van der Waals surface area contributed by atoms with E-state index in [0.29, 0.717) is 45.7 Å². The smallest absolute Gasteiger partial charge is 0.339 e. The van der Waals surface area contributed by atoms with E-state index in [1.165, 1.54) is 7.11 Å². The number of carbonyl (C=O) groups is 2. The highest BCUT2D eigenvalue weighted by molar-refractivity contribution is 6.07. The zero-order valence-corrected chi connectivity index (χ0v) is 14.1. The van der Waals surface area contributed by atoms with Crippen molar-refractivity contribution in [3.8, 4) is 0 Å². The van der Waals surface area contributed by atoms with E-state index in [9.17, 15) is 14.4 Å². The van der Waals surface area contributed by atoms with Crippen LogP contribution in [0.1, 0.15) is 39.0 Å². The van der Waals surface area contributed by atoms with Gasteiger partial charge in [-0.2, -0.15) is 0 Å². The molecule has 25 heavy (non-hydrogen) atoms. The molecule has 0 bridgehead atoms. The van der Waals surface area contributed by atoms with Crippen molar-refractivity contribution in [1.29, 1.82) is 0 Å². The Labute approximate surface area is 142 Å². The lowest BCUT2D eigenvalue weighted by Crippen LogP contribution is -2.14. The largest absolute Gasteiger partial charge is 0.465 e. The lowest BCUT2D eigenvalue weighted by atomic mass is 10.1. The fourth-order valence-electron chi connectivity index (χ4n) is 2.83. The van der Waals surface area contributed by atoms with Crippen LogP contribution in [0.3, 0.4) is 0 Å². The zero-order valence-electron chi connectivity index (χ0n) is 14.1. The van der Waals surface area contributed by atoms with Crippen LogP contribution in [0.2, 0.25) is 0 Å². The monoisotopic (exact) mass is 342 g/mol. The van der Waals surface area contributed by atoms with Gasteiger partial charge in [-0.05, 0) is 37.1 Å². The molecule has 2 heterocycles. The number of fused-ring (bicyclic) bond motifs is 1. The van der Waals surface area contributed by atoms with Gasteiger partial charge < -0.3 is 25.0 Å². The van der Waals surface area contributed by atoms with E-state index in [4.69, 9.17) is 4.74 Å². The molecule has 1 aromatic carbocycles. The van der Waals surface area contributed by atoms with Crippen LogP contribution in [0, 0.1) is 6.92 Å². The van der Waals surface area contributed by atoms with Crippen molar-refractivity contribution >= 4 is 28.6 Å². The number of methoxy groups -OCH3 is 1. The van der Waals surface area contributed by atoms with Crippen LogP contribution in [0.25, 0.3) is 11.0 Å². The Morgan fingerprint density at radius 3 is 2.56 bits per heavy atom. The van der Waals surface area contributed by atoms with Crippen LogP contribution in [0.15, 0.2) is 23.0 Å². The van der Waals surface area contributed by atoms with E-state index in [1.807, 2.05) is 6.92 Å². The molecule has 130 valence electrons. The number of amides is 1. The highest BCUT2D eigenvalue weighted by Crippen LogP contribution is 2.22. The van der Waals surface area contributed by atoms with Gasteiger partial charge in [0.15, 0.2) is 0 Å². The molecule has 0 radical (unpaired) electrons. The topological polar surface area (TPSA) is 120 Å². The van der Waals surface area contributed by atoms with Gasteiger partial charge in [0.05, 0.1) is 23.7 Å². The van der Waals surface area contributed by atoms with Crippen LogP contribution in [-0.4, -0.2) is 33.9 Å². The van der Waals surface area contributed by atoms with Gasteiger partial charge in [0.2, 0.25) is 0 Å². The average Bonchev–Trinajstić information content (AvgIpc) is 3.12. The Morgan fingerprint density at radius 1 is 1.16 bits per heavy atom. The number of nitrogens with one attached hydrogen (secondary N) is 4. The molecule has 2 aromatic heterocycles. The molecule has 8 heteroatoms. The second kappa shape index (κ2) is 6.31. The van der Waals surface area contributed by atoms with Gasteiger partial charge in [0.25, 0.3) is 5.91 Å². The first-order chi connectivity index (χ1) is 11.9. The molecule has 3 rings (SSSR count). The number of rotatable bonds is 4. The molecule has 0 saturated heterocycles. The Kier molecular flexibility index (Phi) is 4.18. The quantitative estimate of drug-likeness (QED) is 0.543. The van der Waals surface area contributed by atoms with Crippen LogP contribution >= 0.6 is 0 Å². The Balaban J connectivity index is 1.93. The fourth-order valence-corrected chi connectivity index (χ4v) is 2.83. The summed E-state index contributed by atoms with van der Waals surface area (Å²) in [6.07, 6.45) is 0.565. The van der Waals surface area contributed by atoms with Gasteiger partial charge in [-0.3, -0.25) is 4.79 Å². The number of aromatic amines is 3. The van der Waals surface area contributed by atoms with Gasteiger partial charge in [0, 0.05) is 11.4 Å². The first-order valence-corrected chi connectivity index (χ1v) is 7.77. The van der Waals surface area contributed by atoms with Crippen molar-refractivity contribution in [1.82, 2.24) is 15.0 Å². The molecule has 3 aromatic rings. The molecule has 0 saturated carbocycles. The van der Waals surface area contributed by atoms with Gasteiger partial charge in [-0.15, -0.1) is 0 Å². The summed E-state index contributed by atoms with van der Waals surface area (Å²) in [5, 5.41) is 2.76. The summed E-state index contributed by atoms with van der Waals surface area (Å²) in [6, 6.07) is 5.04. The SMILES string of the molecule is CCc1[nH]c(C(=O)Nc2ccc3[nH]c(=O)[nH]c3c2)c(C)c1C(=O)OC. The molecule has 1 amide bonds. The van der Waals surface area contributed by atoms with Crippen molar-refractivity contribution in [3.05, 3.63) is 51.2 Å². The highest BCUT2D eigenvalue weighted by Gasteiger charge is 2.23. The number of hydrogen-bond donors (Lipinski definition) is 4. The van der Waals surface area contributed by atoms with E-state index in [1.54, 1.807) is 25.1 Å². The predicted molar refractivity (Wildman–Crippen MR) is 93.1 cm³/mol. The molecule has 0 unspecified atom stereocenters. The highest BCUT2D eigenvalue weighted by atomic mass is 16.5. The molecule has 4 N–H and O–H groups in total. The molecular formula is C17H18N4O4. The number of ether oxygens (including phenoxy) is 1. The minimum atomic E-state index is -0.476. The summed E-state index contributed by atoms with van der Waals surface area (Å²) in [6.45, 7) is 3.58. The van der Waals surface area contributed by atoms with Gasteiger partial charge >= 0.3 is 11.7 Å². The summed E-state index contributed by atoms with van der Waals surface area (Å²) in [5.41, 5.74) is 3.35. The lowest BCUT2D eigenvalue weighted by Gasteiger charge is -2.05. The number of imidazole rings is 1. The molecule has 0 spiro atoms. The van der Waals surface area contributed by atoms with E-state index in [-0.39, 0.29) is 11.6 Å². The summed E-state index contributed by atoms with van der Waals surface area (Å²) < 4.78 is 4.79. The van der Waals surface area contributed by atoms with Gasteiger partial charge in [-0.25, -0.2) is 9.59 Å². The minimum Gasteiger partial charge on any atom is -0.465 e. The fraction of sp³-hybridized carbons (Fsp3) is 0.235. The van der Waals surface area contributed by atoms with Crippen LogP contribution < -0.4 is 11.0 Å². The predicted octanol–water partition coefficient (Wildman–Crippen LogP) is 2.09. The maximum atomic E-state index is 12.6. The molecule has 0 aliphatic heterocycles. The van der Waals surface area contributed by atoms with E-state index < -0.39 is 5.97 Å². The molecule has 0 aliphatic rings. The molecule has 0 aliphatic carbocycles. The number of hydrogen-bond acceptors (Lipinski definition) is 4. The van der Waals surface area contributed by atoms with Crippen LogP contribution in [0.4, 0.5) is 5.69 Å². The minimum absolute atomic E-state index is 0.305. The zero-order chi connectivity index (χ0) is 18.1. The van der Waals surface area contributed by atoms with E-state index in [2.05, 4.69) is 20.3 Å². The van der Waals surface area contributed by atoms with Crippen molar-refractivity contribution < 1.29 is 14.3 Å². The number of anilines is 1. The molecule has 0 atom stereocenters. The molecule has 0 fully saturated rings. The molecular weight excluding hydrogens is 324 g/mol. The second-order valence-corrected chi connectivity index (χ2v) is 5.62. The Hall–Kier alpha value is -3.29. The Morgan fingerprint density at radius 2 is 1.88 bits per heavy atom. The first kappa shape index (κ1) is 16.6. The number of esters is 1. The summed E-state index contributed by atoms with van der Waals surface area (Å²) in [7, 11) is 1.31. The van der Waals surface area contributed by atoms with Gasteiger partial charge in [0.1, 0.15) is 5.69 Å².